The van der Waals surface area contributed by atoms with E-state index in [0.717, 1.165) is 27.8 Å². The van der Waals surface area contributed by atoms with Crippen LogP contribution in [-0.2, 0) is 0 Å². The molecule has 0 radical (unpaired) electrons. The molecule has 2 nitrogen and oxygen atoms in total. The molecule has 0 aromatic heterocycles. The highest BCUT2D eigenvalue weighted by atomic mass is 35.5. The highest BCUT2D eigenvalue weighted by Crippen LogP contribution is 2.26. The summed E-state index contributed by atoms with van der Waals surface area (Å²) in [6.07, 6.45) is 0. The van der Waals surface area contributed by atoms with Crippen LogP contribution in [0.4, 0.5) is 0 Å². The van der Waals surface area contributed by atoms with Gasteiger partial charge >= 0.3 is 0 Å². The molecule has 0 N–H and O–H groups in total. The molecule has 0 saturated carbocycles. The van der Waals surface area contributed by atoms with E-state index in [1.165, 1.54) is 0 Å². The molecule has 0 saturated heterocycles. The molecule has 3 heteroatoms. The fraction of sp³-hybridized carbons (Fsp3) is 0.143. The zero-order valence-corrected chi connectivity index (χ0v) is 10.5. The summed E-state index contributed by atoms with van der Waals surface area (Å²) in [5.74, 6) is 2.36. The van der Waals surface area contributed by atoms with Crippen molar-refractivity contribution in [2.24, 2.45) is 0 Å². The van der Waals surface area contributed by atoms with Crippen molar-refractivity contribution in [2.45, 2.75) is 6.92 Å². The topological polar surface area (TPSA) is 18.5 Å². The van der Waals surface area contributed by atoms with Crippen molar-refractivity contribution in [1.82, 2.24) is 0 Å². The molecule has 0 fully saturated rings. The first-order valence-electron chi connectivity index (χ1n) is 5.27. The van der Waals surface area contributed by atoms with Crippen LogP contribution in [0.5, 0.6) is 17.2 Å². The van der Waals surface area contributed by atoms with Crippen LogP contribution in [0.3, 0.4) is 0 Å². The fourth-order valence-electron chi connectivity index (χ4n) is 1.46. The molecule has 0 bridgehead atoms. The number of hydrogen-bond acceptors (Lipinski definition) is 2. The molecule has 17 heavy (non-hydrogen) atoms. The Labute approximate surface area is 106 Å². The first-order chi connectivity index (χ1) is 8.19. The first-order valence-corrected chi connectivity index (χ1v) is 5.65. The van der Waals surface area contributed by atoms with E-state index in [0.29, 0.717) is 0 Å². The third kappa shape index (κ3) is 2.92. The quantitative estimate of drug-likeness (QED) is 0.799. The van der Waals surface area contributed by atoms with Gasteiger partial charge in [0.1, 0.15) is 17.2 Å². The van der Waals surface area contributed by atoms with E-state index < -0.39 is 0 Å². The molecule has 0 amide bonds. The van der Waals surface area contributed by atoms with Gasteiger partial charge in [-0.25, -0.2) is 0 Å². The van der Waals surface area contributed by atoms with Crippen molar-refractivity contribution in [2.75, 3.05) is 7.11 Å². The van der Waals surface area contributed by atoms with Gasteiger partial charge < -0.3 is 9.47 Å². The molecule has 2 rings (SSSR count). The largest absolute Gasteiger partial charge is 0.497 e. The van der Waals surface area contributed by atoms with Crippen LogP contribution in [0.1, 0.15) is 5.56 Å². The fourth-order valence-corrected chi connectivity index (χ4v) is 1.58. The second kappa shape index (κ2) is 5.11. The van der Waals surface area contributed by atoms with Gasteiger partial charge in [-0.2, -0.15) is 0 Å². The number of methoxy groups -OCH3 is 1. The van der Waals surface area contributed by atoms with Crippen LogP contribution in [0.25, 0.3) is 0 Å². The standard InChI is InChI=1S/C14H13ClO2/c1-10-9-13(7-8-14(10)15)17-12-5-3-11(16-2)4-6-12/h3-9H,1-2H3. The molecule has 0 spiro atoms. The maximum atomic E-state index is 5.95. The van der Waals surface area contributed by atoms with Crippen LogP contribution in [0.15, 0.2) is 42.5 Å². The smallest absolute Gasteiger partial charge is 0.127 e. The van der Waals surface area contributed by atoms with Crippen molar-refractivity contribution in [1.29, 1.82) is 0 Å². The SMILES string of the molecule is COc1ccc(Oc2ccc(Cl)c(C)c2)cc1. The molecule has 0 aliphatic carbocycles. The van der Waals surface area contributed by atoms with Crippen molar-refractivity contribution >= 4 is 11.6 Å². The third-order valence-electron chi connectivity index (χ3n) is 2.42. The molecule has 0 heterocycles. The van der Waals surface area contributed by atoms with Gasteiger partial charge in [-0.3, -0.25) is 0 Å². The van der Waals surface area contributed by atoms with Crippen LogP contribution >= 0.6 is 11.6 Å². The Morgan fingerprint density at radius 2 is 1.47 bits per heavy atom. The zero-order chi connectivity index (χ0) is 12.3. The number of rotatable bonds is 3. The number of hydrogen-bond donors (Lipinski definition) is 0. The van der Waals surface area contributed by atoms with Crippen LogP contribution < -0.4 is 9.47 Å². The summed E-state index contributed by atoms with van der Waals surface area (Å²) in [5, 5.41) is 0.743. The normalized spacial score (nSPS) is 10.1. The Kier molecular flexibility index (Phi) is 3.55. The minimum absolute atomic E-state index is 0.743. The van der Waals surface area contributed by atoms with Crippen molar-refractivity contribution in [3.63, 3.8) is 0 Å². The lowest BCUT2D eigenvalue weighted by Gasteiger charge is -2.07. The second-order valence-electron chi connectivity index (χ2n) is 3.69. The van der Waals surface area contributed by atoms with E-state index in [1.807, 2.05) is 49.4 Å². The Morgan fingerprint density at radius 3 is 2.06 bits per heavy atom. The molecular formula is C14H13ClO2. The number of benzene rings is 2. The van der Waals surface area contributed by atoms with Gasteiger partial charge in [0.05, 0.1) is 7.11 Å². The van der Waals surface area contributed by atoms with Gasteiger partial charge in [-0.1, -0.05) is 11.6 Å². The molecule has 0 aliphatic rings. The summed E-state index contributed by atoms with van der Waals surface area (Å²) in [5.41, 5.74) is 0.998. The lowest BCUT2D eigenvalue weighted by molar-refractivity contribution is 0.413. The van der Waals surface area contributed by atoms with E-state index in [4.69, 9.17) is 21.1 Å². The van der Waals surface area contributed by atoms with Gasteiger partial charge in [0, 0.05) is 5.02 Å². The molecule has 0 atom stereocenters. The Hall–Kier alpha value is -1.67. The summed E-state index contributed by atoms with van der Waals surface area (Å²) in [7, 11) is 1.64. The van der Waals surface area contributed by atoms with E-state index in [1.54, 1.807) is 7.11 Å². The van der Waals surface area contributed by atoms with Gasteiger partial charge in [0.25, 0.3) is 0 Å². The maximum Gasteiger partial charge on any atom is 0.127 e. The lowest BCUT2D eigenvalue weighted by atomic mass is 10.2. The Bertz CT molecular complexity index is 506. The van der Waals surface area contributed by atoms with E-state index in [2.05, 4.69) is 0 Å². The molecular weight excluding hydrogens is 236 g/mol. The third-order valence-corrected chi connectivity index (χ3v) is 2.85. The predicted octanol–water partition coefficient (Wildman–Crippen LogP) is 4.45. The number of ether oxygens (including phenoxy) is 2. The molecule has 88 valence electrons. The first kappa shape index (κ1) is 11.8. The minimum atomic E-state index is 0.743. The number of aryl methyl sites for hydroxylation is 1. The van der Waals surface area contributed by atoms with Gasteiger partial charge in [-0.15, -0.1) is 0 Å². The summed E-state index contributed by atoms with van der Waals surface area (Å²) in [6.45, 7) is 1.95. The summed E-state index contributed by atoms with van der Waals surface area (Å²) < 4.78 is 10.8. The molecule has 2 aromatic carbocycles. The minimum Gasteiger partial charge on any atom is -0.497 e. The molecule has 0 unspecified atom stereocenters. The van der Waals surface area contributed by atoms with Crippen LogP contribution in [0.2, 0.25) is 5.02 Å². The summed E-state index contributed by atoms with van der Waals surface area (Å²) in [4.78, 5) is 0. The highest BCUT2D eigenvalue weighted by molar-refractivity contribution is 6.31. The Morgan fingerprint density at radius 1 is 0.882 bits per heavy atom. The van der Waals surface area contributed by atoms with E-state index in [-0.39, 0.29) is 0 Å². The molecule has 2 aromatic rings. The lowest BCUT2D eigenvalue weighted by Crippen LogP contribution is -1.86. The van der Waals surface area contributed by atoms with Gasteiger partial charge in [-0.05, 0) is 55.0 Å². The zero-order valence-electron chi connectivity index (χ0n) is 9.74. The summed E-state index contributed by atoms with van der Waals surface area (Å²) in [6, 6.07) is 13.0. The van der Waals surface area contributed by atoms with Gasteiger partial charge in [0.15, 0.2) is 0 Å². The van der Waals surface area contributed by atoms with Crippen LogP contribution in [0, 0.1) is 6.92 Å². The highest BCUT2D eigenvalue weighted by Gasteiger charge is 2.00. The van der Waals surface area contributed by atoms with Crippen molar-refractivity contribution in [3.8, 4) is 17.2 Å². The monoisotopic (exact) mass is 248 g/mol. The second-order valence-corrected chi connectivity index (χ2v) is 4.10. The van der Waals surface area contributed by atoms with Crippen LogP contribution in [-0.4, -0.2) is 7.11 Å². The van der Waals surface area contributed by atoms with E-state index >= 15 is 0 Å². The van der Waals surface area contributed by atoms with Crippen molar-refractivity contribution in [3.05, 3.63) is 53.1 Å². The summed E-state index contributed by atoms with van der Waals surface area (Å²) >= 11 is 5.95. The van der Waals surface area contributed by atoms with E-state index in [9.17, 15) is 0 Å². The van der Waals surface area contributed by atoms with Crippen molar-refractivity contribution < 1.29 is 9.47 Å². The predicted molar refractivity (Wildman–Crippen MR) is 69.3 cm³/mol. The van der Waals surface area contributed by atoms with Gasteiger partial charge in [0.2, 0.25) is 0 Å². The maximum absolute atomic E-state index is 5.95. The average Bonchev–Trinajstić information content (AvgIpc) is 2.35. The Balaban J connectivity index is 2.16. The number of halogens is 1. The average molecular weight is 249 g/mol. The molecule has 0 aliphatic heterocycles.